The number of hydrogen-bond acceptors (Lipinski definition) is 7. The highest BCUT2D eigenvalue weighted by Gasteiger charge is 2.14. The molecule has 0 bridgehead atoms. The van der Waals surface area contributed by atoms with Gasteiger partial charge in [-0.3, -0.25) is 9.20 Å². The fourth-order valence-corrected chi connectivity index (χ4v) is 4.54. The van der Waals surface area contributed by atoms with E-state index in [1.165, 1.54) is 11.3 Å². The summed E-state index contributed by atoms with van der Waals surface area (Å²) >= 11 is 1.52. The van der Waals surface area contributed by atoms with Gasteiger partial charge >= 0.3 is 0 Å². The number of imidazole rings is 1. The Labute approximate surface area is 207 Å². The van der Waals surface area contributed by atoms with Crippen LogP contribution in [0.15, 0.2) is 78.3 Å². The number of nitrogens with two attached hydrogens (primary N) is 1. The van der Waals surface area contributed by atoms with Crippen molar-refractivity contribution in [2.24, 2.45) is 0 Å². The number of nitrogens with zero attached hydrogens (tertiary/aromatic N) is 4. The number of fused-ring (bicyclic) bond motifs is 1. The number of nitrogens with one attached hydrogen (secondary N) is 2. The molecule has 0 aliphatic rings. The number of benzene rings is 2. The van der Waals surface area contributed by atoms with E-state index >= 15 is 0 Å². The van der Waals surface area contributed by atoms with Gasteiger partial charge in [0.2, 0.25) is 0 Å². The summed E-state index contributed by atoms with van der Waals surface area (Å²) < 4.78 is 2.14. The monoisotopic (exact) mass is 483 g/mol. The minimum atomic E-state index is -0.216. The highest BCUT2D eigenvalue weighted by molar-refractivity contribution is 7.14. The summed E-state index contributed by atoms with van der Waals surface area (Å²) in [5.74, 6) is -0.216. The molecule has 9 heteroatoms. The smallest absolute Gasteiger partial charge is 0.255 e. The van der Waals surface area contributed by atoms with E-state index in [0.29, 0.717) is 16.9 Å². The first kappa shape index (κ1) is 22.6. The lowest BCUT2D eigenvalue weighted by Gasteiger charge is -2.13. The summed E-state index contributed by atoms with van der Waals surface area (Å²) in [5.41, 5.74) is 12.3. The molecule has 0 fully saturated rings. The summed E-state index contributed by atoms with van der Waals surface area (Å²) in [6.07, 6.45) is 1.86. The van der Waals surface area contributed by atoms with Crippen molar-refractivity contribution in [3.63, 3.8) is 0 Å². The first-order valence-corrected chi connectivity index (χ1v) is 11.9. The molecule has 0 saturated carbocycles. The zero-order valence-corrected chi connectivity index (χ0v) is 20.2. The standard InChI is InChI=1S/C26H25N7OS/c1-32(2)15-19-6-5-9-24-28-14-23(33(19)24)22-16-35-26(31-22)29-18-12-10-17(11-13-18)25(34)30-21-8-4-3-7-20(21)27/h3-14,16H,15,27H2,1-2H3,(H,29,31)(H,30,34). The molecule has 176 valence electrons. The molecule has 4 N–H and O–H groups in total. The molecule has 0 unspecified atom stereocenters. The second-order valence-electron chi connectivity index (χ2n) is 8.37. The van der Waals surface area contributed by atoms with E-state index in [2.05, 4.69) is 31.0 Å². The molecular formula is C26H25N7OS. The number of para-hydroxylation sites is 2. The molecule has 35 heavy (non-hydrogen) atoms. The average Bonchev–Trinajstić information content (AvgIpc) is 3.48. The van der Waals surface area contributed by atoms with Gasteiger partial charge in [0.1, 0.15) is 11.3 Å². The molecule has 3 aromatic heterocycles. The van der Waals surface area contributed by atoms with Gasteiger partial charge in [0.05, 0.1) is 23.3 Å². The van der Waals surface area contributed by atoms with Gasteiger partial charge in [-0.15, -0.1) is 11.3 Å². The predicted molar refractivity (Wildman–Crippen MR) is 142 cm³/mol. The van der Waals surface area contributed by atoms with Crippen molar-refractivity contribution in [2.45, 2.75) is 6.54 Å². The molecule has 0 saturated heterocycles. The number of nitrogen functional groups attached to an aromatic ring is 1. The molecule has 0 radical (unpaired) electrons. The van der Waals surface area contributed by atoms with Crippen molar-refractivity contribution in [3.8, 4) is 11.4 Å². The van der Waals surface area contributed by atoms with Gasteiger partial charge in [-0.2, -0.15) is 0 Å². The molecular weight excluding hydrogens is 458 g/mol. The molecule has 0 aliphatic heterocycles. The largest absolute Gasteiger partial charge is 0.397 e. The molecule has 1 amide bonds. The van der Waals surface area contributed by atoms with Crippen LogP contribution in [0.5, 0.6) is 0 Å². The fourth-order valence-electron chi connectivity index (χ4n) is 3.82. The minimum absolute atomic E-state index is 0.216. The van der Waals surface area contributed by atoms with E-state index in [9.17, 15) is 4.79 Å². The number of aromatic nitrogens is 3. The van der Waals surface area contributed by atoms with Crippen molar-refractivity contribution in [1.82, 2.24) is 19.3 Å². The van der Waals surface area contributed by atoms with E-state index in [1.54, 1.807) is 24.3 Å². The third-order valence-electron chi connectivity index (χ3n) is 5.46. The number of anilines is 4. The maximum atomic E-state index is 12.6. The third kappa shape index (κ3) is 4.86. The van der Waals surface area contributed by atoms with Crippen molar-refractivity contribution in [1.29, 1.82) is 0 Å². The van der Waals surface area contributed by atoms with E-state index in [-0.39, 0.29) is 5.91 Å². The normalized spacial score (nSPS) is 11.2. The van der Waals surface area contributed by atoms with Gasteiger partial charge in [0.25, 0.3) is 5.91 Å². The van der Waals surface area contributed by atoms with Crippen LogP contribution in [-0.4, -0.2) is 39.3 Å². The number of carbonyl (C=O) groups excluding carboxylic acids is 1. The summed E-state index contributed by atoms with van der Waals surface area (Å²) in [6, 6.07) is 20.6. The van der Waals surface area contributed by atoms with E-state index in [1.807, 2.05) is 62.1 Å². The van der Waals surface area contributed by atoms with E-state index in [4.69, 9.17) is 10.7 Å². The van der Waals surface area contributed by atoms with Crippen LogP contribution in [0.3, 0.4) is 0 Å². The molecule has 0 spiro atoms. The Morgan fingerprint density at radius 3 is 2.63 bits per heavy atom. The van der Waals surface area contributed by atoms with Crippen molar-refractivity contribution >= 4 is 45.1 Å². The average molecular weight is 484 g/mol. The second-order valence-corrected chi connectivity index (χ2v) is 9.23. The SMILES string of the molecule is CN(C)Cc1cccc2ncc(-c3csc(Nc4ccc(C(=O)Nc5ccccc5N)cc4)n3)n12. The summed E-state index contributed by atoms with van der Waals surface area (Å²) in [4.78, 5) is 24.0. The van der Waals surface area contributed by atoms with Gasteiger partial charge in [-0.05, 0) is 62.6 Å². The Morgan fingerprint density at radius 2 is 1.86 bits per heavy atom. The molecule has 2 aromatic carbocycles. The number of rotatable bonds is 7. The maximum Gasteiger partial charge on any atom is 0.255 e. The molecule has 0 atom stereocenters. The lowest BCUT2D eigenvalue weighted by molar-refractivity contribution is 0.102. The lowest BCUT2D eigenvalue weighted by Crippen LogP contribution is -2.13. The Kier molecular flexibility index (Phi) is 6.17. The Morgan fingerprint density at radius 1 is 1.06 bits per heavy atom. The Bertz CT molecular complexity index is 1490. The van der Waals surface area contributed by atoms with Crippen molar-refractivity contribution < 1.29 is 4.79 Å². The van der Waals surface area contributed by atoms with Crippen LogP contribution in [-0.2, 0) is 6.54 Å². The van der Waals surface area contributed by atoms with E-state index in [0.717, 1.165) is 40.1 Å². The topological polar surface area (TPSA) is 101 Å². The van der Waals surface area contributed by atoms with Crippen LogP contribution in [0, 0.1) is 0 Å². The maximum absolute atomic E-state index is 12.6. The summed E-state index contributed by atoms with van der Waals surface area (Å²) in [7, 11) is 4.10. The van der Waals surface area contributed by atoms with Crippen LogP contribution in [0.1, 0.15) is 16.1 Å². The first-order chi connectivity index (χ1) is 17.0. The van der Waals surface area contributed by atoms with Crippen molar-refractivity contribution in [3.05, 3.63) is 89.6 Å². The fraction of sp³-hybridized carbons (Fsp3) is 0.115. The number of pyridine rings is 1. The molecule has 5 rings (SSSR count). The van der Waals surface area contributed by atoms with Gasteiger partial charge in [0.15, 0.2) is 5.13 Å². The minimum Gasteiger partial charge on any atom is -0.397 e. The van der Waals surface area contributed by atoms with E-state index < -0.39 is 0 Å². The molecule has 3 heterocycles. The van der Waals surface area contributed by atoms with Crippen LogP contribution in [0.4, 0.5) is 22.2 Å². The molecule has 8 nitrogen and oxygen atoms in total. The van der Waals surface area contributed by atoms with Crippen LogP contribution >= 0.6 is 11.3 Å². The molecule has 5 aromatic rings. The number of hydrogen-bond donors (Lipinski definition) is 3. The summed E-state index contributed by atoms with van der Waals surface area (Å²) in [5, 5.41) is 8.94. The number of amides is 1. The van der Waals surface area contributed by atoms with Gasteiger partial charge in [0, 0.05) is 28.9 Å². The Hall–Kier alpha value is -4.21. The van der Waals surface area contributed by atoms with Gasteiger partial charge < -0.3 is 21.3 Å². The highest BCUT2D eigenvalue weighted by Crippen LogP contribution is 2.29. The van der Waals surface area contributed by atoms with Crippen LogP contribution in [0.25, 0.3) is 17.0 Å². The van der Waals surface area contributed by atoms with Crippen LogP contribution in [0.2, 0.25) is 0 Å². The van der Waals surface area contributed by atoms with Crippen molar-refractivity contribution in [2.75, 3.05) is 30.5 Å². The third-order valence-corrected chi connectivity index (χ3v) is 6.22. The number of thiazole rings is 1. The predicted octanol–water partition coefficient (Wildman–Crippen LogP) is 5.10. The van der Waals surface area contributed by atoms with Gasteiger partial charge in [-0.1, -0.05) is 18.2 Å². The Balaban J connectivity index is 1.32. The zero-order chi connectivity index (χ0) is 24.4. The lowest BCUT2D eigenvalue weighted by atomic mass is 10.2. The highest BCUT2D eigenvalue weighted by atomic mass is 32.1. The number of carbonyl (C=O) groups is 1. The summed E-state index contributed by atoms with van der Waals surface area (Å²) in [6.45, 7) is 0.798. The second kappa shape index (κ2) is 9.57. The van der Waals surface area contributed by atoms with Crippen LogP contribution < -0.4 is 16.4 Å². The van der Waals surface area contributed by atoms with Gasteiger partial charge in [-0.25, -0.2) is 9.97 Å². The molecule has 0 aliphatic carbocycles. The zero-order valence-electron chi connectivity index (χ0n) is 19.4. The quantitative estimate of drug-likeness (QED) is 0.279. The first-order valence-electron chi connectivity index (χ1n) is 11.1.